The number of sulfonamides is 1. The molecule has 5 aromatic rings. The van der Waals surface area contributed by atoms with Gasteiger partial charge < -0.3 is 11.1 Å². The molecular weight excluding hydrogens is 569 g/mol. The van der Waals surface area contributed by atoms with E-state index in [0.717, 1.165) is 24.5 Å². The lowest BCUT2D eigenvalue weighted by atomic mass is 10.00. The maximum Gasteiger partial charge on any atom is 0.265 e. The Morgan fingerprint density at radius 3 is 2.52 bits per heavy atom. The minimum absolute atomic E-state index is 0.0197. The Morgan fingerprint density at radius 1 is 0.975 bits per heavy atom. The zero-order chi connectivity index (χ0) is 28.6. The molecule has 0 saturated carbocycles. The molecule has 0 aliphatic rings. The van der Waals surface area contributed by atoms with E-state index < -0.39 is 49.7 Å². The third kappa shape index (κ3) is 5.11. The lowest BCUT2D eigenvalue weighted by Crippen LogP contribution is -2.18. The SMILES string of the molecule is Nc1ncnc2c(C(=O)Nc3c(Cl)ccc(NS(=O)(=O)c4cc(F)ccc4F)c3F)cc(-c3cccnc3)cc12. The number of rotatable bonds is 6. The fraction of sp³-hybridized carbons (Fsp3) is 0. The van der Waals surface area contributed by atoms with Gasteiger partial charge in [0.1, 0.15) is 28.7 Å². The van der Waals surface area contributed by atoms with Crippen molar-refractivity contribution in [2.24, 2.45) is 0 Å². The lowest BCUT2D eigenvalue weighted by Gasteiger charge is -2.15. The summed E-state index contributed by atoms with van der Waals surface area (Å²) >= 11 is 6.14. The Kier molecular flexibility index (Phi) is 7.00. The van der Waals surface area contributed by atoms with Crippen LogP contribution in [0.5, 0.6) is 0 Å². The van der Waals surface area contributed by atoms with Crippen molar-refractivity contribution in [2.75, 3.05) is 15.8 Å². The van der Waals surface area contributed by atoms with Crippen LogP contribution in [-0.4, -0.2) is 29.3 Å². The van der Waals surface area contributed by atoms with Gasteiger partial charge in [0.25, 0.3) is 15.9 Å². The van der Waals surface area contributed by atoms with E-state index in [4.69, 9.17) is 17.3 Å². The van der Waals surface area contributed by atoms with E-state index >= 15 is 4.39 Å². The number of nitrogen functional groups attached to an aromatic ring is 1. The molecule has 0 saturated heterocycles. The van der Waals surface area contributed by atoms with Crippen LogP contribution >= 0.6 is 11.6 Å². The van der Waals surface area contributed by atoms with Crippen molar-refractivity contribution in [1.82, 2.24) is 15.0 Å². The van der Waals surface area contributed by atoms with Crippen LogP contribution in [0, 0.1) is 17.5 Å². The minimum Gasteiger partial charge on any atom is -0.383 e. The number of nitrogens with two attached hydrogens (primary N) is 1. The minimum atomic E-state index is -4.77. The summed E-state index contributed by atoms with van der Waals surface area (Å²) in [6, 6.07) is 10.5. The second-order valence-corrected chi connectivity index (χ2v) is 10.4. The van der Waals surface area contributed by atoms with Crippen molar-refractivity contribution in [3.8, 4) is 11.1 Å². The first-order chi connectivity index (χ1) is 19.0. The average Bonchev–Trinajstić information content (AvgIpc) is 2.94. The normalized spacial score (nSPS) is 11.4. The molecule has 0 bridgehead atoms. The van der Waals surface area contributed by atoms with Gasteiger partial charge in [0.05, 0.1) is 27.5 Å². The van der Waals surface area contributed by atoms with Crippen molar-refractivity contribution in [3.63, 3.8) is 0 Å². The van der Waals surface area contributed by atoms with Crippen LogP contribution in [0.15, 0.2) is 78.2 Å². The zero-order valence-electron chi connectivity index (χ0n) is 20.0. The first-order valence-corrected chi connectivity index (χ1v) is 13.1. The number of pyridine rings is 1. The molecule has 5 rings (SSSR count). The van der Waals surface area contributed by atoms with Gasteiger partial charge in [-0.2, -0.15) is 0 Å². The summed E-state index contributed by atoms with van der Waals surface area (Å²) in [5, 5.41) is 2.42. The highest BCUT2D eigenvalue weighted by atomic mass is 35.5. The monoisotopic (exact) mass is 584 g/mol. The number of carbonyl (C=O) groups is 1. The molecule has 40 heavy (non-hydrogen) atoms. The Hall–Kier alpha value is -4.75. The van der Waals surface area contributed by atoms with Gasteiger partial charge in [-0.25, -0.2) is 31.6 Å². The first kappa shape index (κ1) is 26.8. The van der Waals surface area contributed by atoms with Gasteiger partial charge in [0.15, 0.2) is 5.82 Å². The number of anilines is 3. The Bertz CT molecular complexity index is 1910. The van der Waals surface area contributed by atoms with Crippen molar-refractivity contribution in [2.45, 2.75) is 4.90 Å². The van der Waals surface area contributed by atoms with Crippen LogP contribution in [0.1, 0.15) is 10.4 Å². The molecule has 0 unspecified atom stereocenters. The summed E-state index contributed by atoms with van der Waals surface area (Å²) in [7, 11) is -4.77. The van der Waals surface area contributed by atoms with E-state index in [0.29, 0.717) is 28.6 Å². The topological polar surface area (TPSA) is 140 Å². The summed E-state index contributed by atoms with van der Waals surface area (Å²) in [6.07, 6.45) is 4.30. The maximum atomic E-state index is 15.5. The van der Waals surface area contributed by atoms with Crippen molar-refractivity contribution in [1.29, 1.82) is 0 Å². The van der Waals surface area contributed by atoms with Crippen LogP contribution in [0.4, 0.5) is 30.4 Å². The largest absolute Gasteiger partial charge is 0.383 e. The molecule has 2 heterocycles. The summed E-state index contributed by atoms with van der Waals surface area (Å²) < 4.78 is 70.4. The highest BCUT2D eigenvalue weighted by Crippen LogP contribution is 2.34. The standard InChI is InChI=1S/C26H16ClF3N6O3S/c27-18-4-6-20(36-40(38,39)21-10-15(28)3-5-19(21)29)22(30)24(18)35-26(37)17-9-14(13-2-1-7-32-11-13)8-16-23(17)33-12-34-25(16)31/h1-12,36H,(H,35,37)(H2,31,33,34). The first-order valence-electron chi connectivity index (χ1n) is 11.3. The van der Waals surface area contributed by atoms with Gasteiger partial charge in [-0.15, -0.1) is 0 Å². The molecule has 0 atom stereocenters. The van der Waals surface area contributed by atoms with E-state index in [2.05, 4.69) is 20.3 Å². The molecule has 4 N–H and O–H groups in total. The number of nitrogens with one attached hydrogen (secondary N) is 2. The second-order valence-electron chi connectivity index (χ2n) is 8.34. The molecule has 0 radical (unpaired) electrons. The smallest absolute Gasteiger partial charge is 0.265 e. The quantitative estimate of drug-likeness (QED) is 0.243. The molecular formula is C26H16ClF3N6O3S. The Balaban J connectivity index is 1.55. The van der Waals surface area contributed by atoms with E-state index in [9.17, 15) is 22.0 Å². The Labute approximate surface area is 229 Å². The molecule has 2 aromatic heterocycles. The van der Waals surface area contributed by atoms with Gasteiger partial charge in [0, 0.05) is 23.3 Å². The molecule has 0 aliphatic carbocycles. The molecule has 0 fully saturated rings. The van der Waals surface area contributed by atoms with E-state index in [-0.39, 0.29) is 21.9 Å². The number of halogens is 4. The number of fused-ring (bicyclic) bond motifs is 1. The molecule has 1 amide bonds. The maximum absolute atomic E-state index is 15.5. The summed E-state index contributed by atoms with van der Waals surface area (Å²) in [5.74, 6) is -4.31. The number of aromatic nitrogens is 3. The van der Waals surface area contributed by atoms with Crippen LogP contribution < -0.4 is 15.8 Å². The predicted molar refractivity (Wildman–Crippen MR) is 144 cm³/mol. The van der Waals surface area contributed by atoms with E-state index in [1.807, 2.05) is 4.72 Å². The molecule has 0 spiro atoms. The van der Waals surface area contributed by atoms with Crippen molar-refractivity contribution in [3.05, 3.63) is 101 Å². The molecule has 14 heteroatoms. The lowest BCUT2D eigenvalue weighted by molar-refractivity contribution is 0.102. The summed E-state index contributed by atoms with van der Waals surface area (Å²) in [6.45, 7) is 0. The highest BCUT2D eigenvalue weighted by Gasteiger charge is 2.25. The van der Waals surface area contributed by atoms with Gasteiger partial charge >= 0.3 is 0 Å². The predicted octanol–water partition coefficient (Wildman–Crippen LogP) is 5.40. The van der Waals surface area contributed by atoms with E-state index in [1.165, 1.54) is 6.07 Å². The third-order valence-corrected chi connectivity index (χ3v) is 7.46. The fourth-order valence-corrected chi connectivity index (χ4v) is 5.21. The summed E-state index contributed by atoms with van der Waals surface area (Å²) in [4.78, 5) is 24.6. The van der Waals surface area contributed by atoms with Crippen molar-refractivity contribution < 1.29 is 26.4 Å². The number of benzene rings is 3. The molecule has 0 aliphatic heterocycles. The van der Waals surface area contributed by atoms with Crippen molar-refractivity contribution >= 4 is 55.6 Å². The summed E-state index contributed by atoms with van der Waals surface area (Å²) in [5.41, 5.74) is 6.10. The van der Waals surface area contributed by atoms with E-state index in [1.54, 1.807) is 30.6 Å². The number of nitrogens with zero attached hydrogens (tertiary/aromatic N) is 3. The number of hydrogen-bond donors (Lipinski definition) is 3. The highest BCUT2D eigenvalue weighted by molar-refractivity contribution is 7.92. The van der Waals surface area contributed by atoms with Crippen LogP contribution in [0.2, 0.25) is 5.02 Å². The van der Waals surface area contributed by atoms with Crippen LogP contribution in [-0.2, 0) is 10.0 Å². The number of carbonyl (C=O) groups excluding carboxylic acids is 1. The third-order valence-electron chi connectivity index (χ3n) is 5.77. The average molecular weight is 585 g/mol. The molecule has 3 aromatic carbocycles. The van der Waals surface area contributed by atoms with Gasteiger partial charge in [0.2, 0.25) is 0 Å². The van der Waals surface area contributed by atoms with Crippen LogP contribution in [0.3, 0.4) is 0 Å². The fourth-order valence-electron chi connectivity index (χ4n) is 3.87. The molecule has 9 nitrogen and oxygen atoms in total. The molecule has 202 valence electrons. The van der Waals surface area contributed by atoms with Gasteiger partial charge in [-0.3, -0.25) is 14.5 Å². The van der Waals surface area contributed by atoms with Gasteiger partial charge in [-0.1, -0.05) is 17.7 Å². The number of hydrogen-bond acceptors (Lipinski definition) is 7. The van der Waals surface area contributed by atoms with Gasteiger partial charge in [-0.05, 0) is 54.1 Å². The second kappa shape index (κ2) is 10.4. The van der Waals surface area contributed by atoms with Crippen LogP contribution in [0.25, 0.3) is 22.0 Å². The Morgan fingerprint density at radius 2 is 1.77 bits per heavy atom. The number of amides is 1. The zero-order valence-corrected chi connectivity index (χ0v) is 21.6.